The Balaban J connectivity index is 1.60. The number of nitrogens with one attached hydrogen (secondary N) is 2. The molecule has 3 rings (SSSR count). The number of nitrogens with zero attached hydrogens (tertiary/aromatic N) is 2. The van der Waals surface area contributed by atoms with E-state index in [0.717, 1.165) is 17.7 Å². The Morgan fingerprint density at radius 2 is 1.92 bits per heavy atom. The van der Waals surface area contributed by atoms with E-state index in [9.17, 15) is 14.4 Å². The Kier molecular flexibility index (Phi) is 4.74. The number of anilines is 2. The molecule has 1 aromatic carbocycles. The van der Waals surface area contributed by atoms with E-state index in [1.54, 1.807) is 30.2 Å². The number of carbonyl (C=O) groups excluding carboxylic acids is 3. The second-order valence-electron chi connectivity index (χ2n) is 5.76. The van der Waals surface area contributed by atoms with E-state index in [0.29, 0.717) is 12.2 Å². The maximum absolute atomic E-state index is 12.6. The lowest BCUT2D eigenvalue weighted by atomic mass is 10.2. The first-order valence-corrected chi connectivity index (χ1v) is 7.97. The van der Waals surface area contributed by atoms with Crippen molar-refractivity contribution in [2.24, 2.45) is 0 Å². The van der Waals surface area contributed by atoms with Gasteiger partial charge in [0.1, 0.15) is 6.04 Å². The number of carbonyl (C=O) groups is 3. The minimum atomic E-state index is -0.864. The fraction of sp³-hybridized carbons (Fsp3) is 0.222. The zero-order chi connectivity index (χ0) is 17.8. The predicted molar refractivity (Wildman–Crippen MR) is 93.0 cm³/mol. The van der Waals surface area contributed by atoms with E-state index in [4.69, 9.17) is 0 Å². The quantitative estimate of drug-likeness (QED) is 0.820. The maximum Gasteiger partial charge on any atom is 0.313 e. The van der Waals surface area contributed by atoms with Crippen molar-refractivity contribution in [3.8, 4) is 0 Å². The molecule has 0 saturated carbocycles. The van der Waals surface area contributed by atoms with Crippen LogP contribution in [0, 0.1) is 0 Å². The van der Waals surface area contributed by atoms with Gasteiger partial charge in [0.15, 0.2) is 0 Å². The maximum atomic E-state index is 12.6. The first-order chi connectivity index (χ1) is 12.1. The molecular formula is C18H18N4O3. The van der Waals surface area contributed by atoms with Crippen molar-refractivity contribution >= 4 is 29.1 Å². The molecule has 128 valence electrons. The summed E-state index contributed by atoms with van der Waals surface area (Å²) in [6.45, 7) is 2.14. The van der Waals surface area contributed by atoms with Crippen LogP contribution in [-0.4, -0.2) is 35.3 Å². The van der Waals surface area contributed by atoms with E-state index < -0.39 is 17.9 Å². The van der Waals surface area contributed by atoms with E-state index in [1.807, 2.05) is 24.3 Å². The van der Waals surface area contributed by atoms with Crippen LogP contribution in [0.4, 0.5) is 11.4 Å². The van der Waals surface area contributed by atoms with Crippen LogP contribution in [0.2, 0.25) is 0 Å². The third-order valence-corrected chi connectivity index (χ3v) is 4.00. The molecule has 25 heavy (non-hydrogen) atoms. The predicted octanol–water partition coefficient (Wildman–Crippen LogP) is 1.11. The summed E-state index contributed by atoms with van der Waals surface area (Å²) in [4.78, 5) is 42.0. The zero-order valence-electron chi connectivity index (χ0n) is 13.7. The number of fused-ring (bicyclic) bond motifs is 1. The van der Waals surface area contributed by atoms with Gasteiger partial charge in [0.2, 0.25) is 5.91 Å². The average molecular weight is 338 g/mol. The molecule has 1 aromatic heterocycles. The number of aromatic nitrogens is 1. The summed E-state index contributed by atoms with van der Waals surface area (Å²) in [6.07, 6.45) is 3.77. The number of hydrogen-bond donors (Lipinski definition) is 2. The van der Waals surface area contributed by atoms with Crippen molar-refractivity contribution in [3.63, 3.8) is 0 Å². The molecule has 0 saturated heterocycles. The van der Waals surface area contributed by atoms with E-state index in [-0.39, 0.29) is 5.91 Å². The number of pyridine rings is 1. The average Bonchev–Trinajstić information content (AvgIpc) is 3.05. The second-order valence-corrected chi connectivity index (χ2v) is 5.76. The molecule has 1 aliphatic heterocycles. The molecule has 7 heteroatoms. The van der Waals surface area contributed by atoms with Crippen molar-refractivity contribution in [1.82, 2.24) is 10.3 Å². The highest BCUT2D eigenvalue weighted by molar-refractivity contribution is 6.40. The van der Waals surface area contributed by atoms with Gasteiger partial charge >= 0.3 is 11.8 Å². The molecule has 1 aliphatic rings. The lowest BCUT2D eigenvalue weighted by molar-refractivity contribution is -0.137. The number of rotatable bonds is 3. The summed E-state index contributed by atoms with van der Waals surface area (Å²) >= 11 is 0. The highest BCUT2D eigenvalue weighted by atomic mass is 16.2. The number of hydrogen-bond acceptors (Lipinski definition) is 4. The number of amides is 3. The summed E-state index contributed by atoms with van der Waals surface area (Å²) < 4.78 is 0. The Bertz CT molecular complexity index is 807. The van der Waals surface area contributed by atoms with Gasteiger partial charge in [0.25, 0.3) is 0 Å². The van der Waals surface area contributed by atoms with Gasteiger partial charge in [0.05, 0.1) is 11.9 Å². The Morgan fingerprint density at radius 1 is 1.12 bits per heavy atom. The summed E-state index contributed by atoms with van der Waals surface area (Å²) in [5.74, 6) is -1.95. The van der Waals surface area contributed by atoms with Crippen LogP contribution in [0.5, 0.6) is 0 Å². The smallest absolute Gasteiger partial charge is 0.313 e. The van der Waals surface area contributed by atoms with Crippen molar-refractivity contribution in [2.45, 2.75) is 19.4 Å². The van der Waals surface area contributed by atoms with Crippen molar-refractivity contribution in [2.75, 3.05) is 16.8 Å². The van der Waals surface area contributed by atoms with Crippen LogP contribution in [0.15, 0.2) is 48.8 Å². The number of benzene rings is 1. The highest BCUT2D eigenvalue weighted by Crippen LogP contribution is 2.27. The molecule has 0 fully saturated rings. The van der Waals surface area contributed by atoms with Crippen molar-refractivity contribution in [1.29, 1.82) is 0 Å². The number of para-hydroxylation sites is 1. The van der Waals surface area contributed by atoms with Gasteiger partial charge in [0, 0.05) is 18.4 Å². The molecule has 0 unspecified atom stereocenters. The SMILES string of the molecule is C[C@@H](NC(=O)C(=O)Nc1cccnc1)C(=O)N1CCc2ccccc21. The van der Waals surface area contributed by atoms with Gasteiger partial charge in [-0.3, -0.25) is 19.4 Å². The minimum absolute atomic E-state index is 0.243. The third kappa shape index (κ3) is 3.65. The lowest BCUT2D eigenvalue weighted by Crippen LogP contribution is -2.49. The molecule has 0 spiro atoms. The first kappa shape index (κ1) is 16.6. The van der Waals surface area contributed by atoms with Gasteiger partial charge in [-0.05, 0) is 37.1 Å². The molecule has 2 aromatic rings. The Morgan fingerprint density at radius 3 is 2.68 bits per heavy atom. The Labute approximate surface area is 145 Å². The van der Waals surface area contributed by atoms with E-state index >= 15 is 0 Å². The van der Waals surface area contributed by atoms with Gasteiger partial charge < -0.3 is 15.5 Å². The van der Waals surface area contributed by atoms with E-state index in [1.165, 1.54) is 6.20 Å². The second kappa shape index (κ2) is 7.12. The Hall–Kier alpha value is -3.22. The monoisotopic (exact) mass is 338 g/mol. The summed E-state index contributed by atoms with van der Waals surface area (Å²) in [7, 11) is 0. The fourth-order valence-corrected chi connectivity index (χ4v) is 2.75. The van der Waals surface area contributed by atoms with Gasteiger partial charge in [-0.15, -0.1) is 0 Å². The van der Waals surface area contributed by atoms with E-state index in [2.05, 4.69) is 15.6 Å². The van der Waals surface area contributed by atoms with Gasteiger partial charge in [-0.1, -0.05) is 18.2 Å². The normalized spacial score (nSPS) is 13.7. The lowest BCUT2D eigenvalue weighted by Gasteiger charge is -2.22. The minimum Gasteiger partial charge on any atom is -0.336 e. The van der Waals surface area contributed by atoms with Crippen molar-refractivity contribution < 1.29 is 14.4 Å². The standard InChI is InChI=1S/C18H18N4O3/c1-12(18(25)22-10-8-13-5-2-3-7-15(13)22)20-16(23)17(24)21-14-6-4-9-19-11-14/h2-7,9,11-12H,8,10H2,1H3,(H,20,23)(H,21,24)/t12-/m1/s1. The first-order valence-electron chi connectivity index (χ1n) is 7.97. The summed E-state index contributed by atoms with van der Waals surface area (Å²) in [6, 6.07) is 10.1. The van der Waals surface area contributed by atoms with Crippen LogP contribution < -0.4 is 15.5 Å². The van der Waals surface area contributed by atoms with Gasteiger partial charge in [-0.25, -0.2) is 0 Å². The molecule has 0 aliphatic carbocycles. The molecule has 0 radical (unpaired) electrons. The zero-order valence-corrected chi connectivity index (χ0v) is 13.7. The molecule has 3 amide bonds. The van der Waals surface area contributed by atoms with Crippen LogP contribution in [-0.2, 0) is 20.8 Å². The largest absolute Gasteiger partial charge is 0.336 e. The highest BCUT2D eigenvalue weighted by Gasteiger charge is 2.29. The van der Waals surface area contributed by atoms with Crippen LogP contribution >= 0.6 is 0 Å². The molecular weight excluding hydrogens is 320 g/mol. The topological polar surface area (TPSA) is 91.4 Å². The molecule has 2 heterocycles. The van der Waals surface area contributed by atoms with Crippen LogP contribution in [0.3, 0.4) is 0 Å². The van der Waals surface area contributed by atoms with Crippen molar-refractivity contribution in [3.05, 3.63) is 54.4 Å². The van der Waals surface area contributed by atoms with Crippen LogP contribution in [0.1, 0.15) is 12.5 Å². The van der Waals surface area contributed by atoms with Crippen LogP contribution in [0.25, 0.3) is 0 Å². The third-order valence-electron chi connectivity index (χ3n) is 4.00. The van der Waals surface area contributed by atoms with Gasteiger partial charge in [-0.2, -0.15) is 0 Å². The summed E-state index contributed by atoms with van der Waals surface area (Å²) in [5.41, 5.74) is 2.37. The molecule has 1 atom stereocenters. The molecule has 7 nitrogen and oxygen atoms in total. The molecule has 0 bridgehead atoms. The summed E-state index contributed by atoms with van der Waals surface area (Å²) in [5, 5.41) is 4.88. The molecule has 2 N–H and O–H groups in total. The fourth-order valence-electron chi connectivity index (χ4n) is 2.75.